The van der Waals surface area contributed by atoms with E-state index in [0.29, 0.717) is 6.54 Å². The number of nitrogens with one attached hydrogen (secondary N) is 1. The highest BCUT2D eigenvalue weighted by Crippen LogP contribution is 2.20. The molecule has 78 valence electrons. The van der Waals surface area contributed by atoms with Gasteiger partial charge in [0.2, 0.25) is 0 Å². The van der Waals surface area contributed by atoms with E-state index in [0.717, 1.165) is 10.2 Å². The maximum atomic E-state index is 10.7. The van der Waals surface area contributed by atoms with Crippen molar-refractivity contribution in [2.45, 2.75) is 0 Å². The number of esters is 1. The van der Waals surface area contributed by atoms with Crippen LogP contribution in [0.1, 0.15) is 0 Å². The second-order valence-electron chi connectivity index (χ2n) is 2.63. The summed E-state index contributed by atoms with van der Waals surface area (Å²) in [4.78, 5) is 10.7. The van der Waals surface area contributed by atoms with E-state index in [9.17, 15) is 4.79 Å². The van der Waals surface area contributed by atoms with E-state index in [1.807, 2.05) is 24.3 Å². The fraction of sp³-hybridized carbons (Fsp3) is 0.182. The summed E-state index contributed by atoms with van der Waals surface area (Å²) in [5, 5.41) is 3.06. The van der Waals surface area contributed by atoms with Gasteiger partial charge < -0.3 is 10.1 Å². The van der Waals surface area contributed by atoms with Crippen LogP contribution in [0.2, 0.25) is 0 Å². The van der Waals surface area contributed by atoms with Crippen LogP contribution in [-0.2, 0) is 9.53 Å². The van der Waals surface area contributed by atoms with Crippen LogP contribution in [0.15, 0.2) is 28.7 Å². The normalized spacial score (nSPS) is 8.67. The third-order valence-electron chi connectivity index (χ3n) is 1.62. The van der Waals surface area contributed by atoms with Crippen LogP contribution >= 0.6 is 15.9 Å². The molecule has 1 aromatic rings. The second kappa shape index (κ2) is 6.10. The molecule has 0 aromatic heterocycles. The van der Waals surface area contributed by atoms with Gasteiger partial charge in [-0.3, -0.25) is 0 Å². The van der Waals surface area contributed by atoms with E-state index in [2.05, 4.69) is 37.8 Å². The number of anilines is 1. The van der Waals surface area contributed by atoms with Gasteiger partial charge in [0.15, 0.2) is 0 Å². The smallest absolute Gasteiger partial charge is 0.384 e. The molecular formula is C11H10BrNO2. The van der Waals surface area contributed by atoms with Crippen LogP contribution in [-0.4, -0.2) is 19.6 Å². The molecule has 4 heteroatoms. The summed E-state index contributed by atoms with van der Waals surface area (Å²) >= 11 is 3.39. The predicted octanol–water partition coefficient (Wildman–Crippen LogP) is 2.04. The number of ether oxygens (including phenoxy) is 1. The number of carbonyl (C=O) groups excluding carboxylic acids is 1. The van der Waals surface area contributed by atoms with Crippen LogP contribution < -0.4 is 5.32 Å². The number of para-hydroxylation sites is 1. The minimum Gasteiger partial charge on any atom is -0.459 e. The quantitative estimate of drug-likeness (QED) is 0.506. The van der Waals surface area contributed by atoms with Crippen LogP contribution in [0.25, 0.3) is 0 Å². The average Bonchev–Trinajstić information content (AvgIpc) is 2.26. The minimum atomic E-state index is -0.524. The Kier molecular flexibility index (Phi) is 4.72. The molecule has 1 N–H and O–H groups in total. The average molecular weight is 268 g/mol. The van der Waals surface area contributed by atoms with E-state index >= 15 is 0 Å². The zero-order valence-electron chi connectivity index (χ0n) is 8.21. The molecular weight excluding hydrogens is 258 g/mol. The Bertz CT molecular complexity index is 407. The van der Waals surface area contributed by atoms with Crippen LogP contribution in [0.4, 0.5) is 5.69 Å². The van der Waals surface area contributed by atoms with Crippen molar-refractivity contribution in [3.05, 3.63) is 28.7 Å². The van der Waals surface area contributed by atoms with Crippen molar-refractivity contribution in [2.75, 3.05) is 19.0 Å². The lowest BCUT2D eigenvalue weighted by Crippen LogP contribution is -2.01. The highest BCUT2D eigenvalue weighted by Gasteiger charge is 1.94. The number of methoxy groups -OCH3 is 1. The monoisotopic (exact) mass is 267 g/mol. The van der Waals surface area contributed by atoms with Gasteiger partial charge in [0.05, 0.1) is 13.7 Å². The maximum Gasteiger partial charge on any atom is 0.384 e. The molecule has 15 heavy (non-hydrogen) atoms. The predicted molar refractivity (Wildman–Crippen MR) is 62.4 cm³/mol. The zero-order chi connectivity index (χ0) is 11.1. The lowest BCUT2D eigenvalue weighted by molar-refractivity contribution is -0.133. The first-order valence-electron chi connectivity index (χ1n) is 4.29. The van der Waals surface area contributed by atoms with Gasteiger partial charge in [0.1, 0.15) is 0 Å². The molecule has 0 radical (unpaired) electrons. The van der Waals surface area contributed by atoms with Crippen molar-refractivity contribution in [3.8, 4) is 11.8 Å². The van der Waals surface area contributed by atoms with Gasteiger partial charge in [-0.25, -0.2) is 4.79 Å². The topological polar surface area (TPSA) is 38.3 Å². The fourth-order valence-electron chi connectivity index (χ4n) is 0.911. The Hall–Kier alpha value is -1.47. The Morgan fingerprint density at radius 2 is 2.27 bits per heavy atom. The zero-order valence-corrected chi connectivity index (χ0v) is 9.80. The second-order valence-corrected chi connectivity index (χ2v) is 3.48. The number of rotatable bonds is 2. The summed E-state index contributed by atoms with van der Waals surface area (Å²) < 4.78 is 5.34. The molecule has 0 aliphatic carbocycles. The van der Waals surface area contributed by atoms with Gasteiger partial charge in [0, 0.05) is 16.1 Å². The van der Waals surface area contributed by atoms with Gasteiger partial charge in [0.25, 0.3) is 0 Å². The Labute approximate surface area is 96.9 Å². The Morgan fingerprint density at radius 1 is 1.53 bits per heavy atom. The van der Waals surface area contributed by atoms with E-state index in [1.165, 1.54) is 7.11 Å². The molecule has 0 saturated heterocycles. The van der Waals surface area contributed by atoms with Crippen molar-refractivity contribution in [1.82, 2.24) is 0 Å². The third-order valence-corrected chi connectivity index (χ3v) is 2.31. The lowest BCUT2D eigenvalue weighted by atomic mass is 10.3. The van der Waals surface area contributed by atoms with Gasteiger partial charge in [-0.2, -0.15) is 0 Å². The fourth-order valence-corrected chi connectivity index (χ4v) is 1.34. The van der Waals surface area contributed by atoms with Crippen molar-refractivity contribution < 1.29 is 9.53 Å². The number of halogens is 1. The van der Waals surface area contributed by atoms with Gasteiger partial charge in [-0.15, -0.1) is 0 Å². The summed E-state index contributed by atoms with van der Waals surface area (Å²) in [5.41, 5.74) is 0.941. The molecule has 0 aliphatic heterocycles. The summed E-state index contributed by atoms with van der Waals surface area (Å²) in [6.45, 7) is 0.401. The van der Waals surface area contributed by atoms with Crippen LogP contribution in [0.3, 0.4) is 0 Å². The molecule has 1 aromatic carbocycles. The molecule has 0 saturated carbocycles. The summed E-state index contributed by atoms with van der Waals surface area (Å²) in [5.74, 6) is 4.46. The SMILES string of the molecule is COC(=O)C#CCNc1ccccc1Br. The summed E-state index contributed by atoms with van der Waals surface area (Å²) in [6, 6.07) is 7.69. The molecule has 0 unspecified atom stereocenters. The minimum absolute atomic E-state index is 0.401. The van der Waals surface area contributed by atoms with Crippen LogP contribution in [0.5, 0.6) is 0 Å². The van der Waals surface area contributed by atoms with Crippen molar-refractivity contribution >= 4 is 27.6 Å². The van der Waals surface area contributed by atoms with Crippen molar-refractivity contribution in [3.63, 3.8) is 0 Å². The first kappa shape index (κ1) is 11.6. The molecule has 0 bridgehead atoms. The Morgan fingerprint density at radius 3 is 2.93 bits per heavy atom. The number of carbonyl (C=O) groups is 1. The van der Waals surface area contributed by atoms with Crippen molar-refractivity contribution in [2.24, 2.45) is 0 Å². The molecule has 0 atom stereocenters. The summed E-state index contributed by atoms with van der Waals surface area (Å²) in [6.07, 6.45) is 0. The highest BCUT2D eigenvalue weighted by molar-refractivity contribution is 9.10. The van der Waals surface area contributed by atoms with E-state index in [4.69, 9.17) is 0 Å². The van der Waals surface area contributed by atoms with Gasteiger partial charge in [-0.1, -0.05) is 18.1 Å². The van der Waals surface area contributed by atoms with E-state index in [-0.39, 0.29) is 0 Å². The molecule has 3 nitrogen and oxygen atoms in total. The van der Waals surface area contributed by atoms with Gasteiger partial charge >= 0.3 is 5.97 Å². The molecule has 1 rings (SSSR count). The number of benzene rings is 1. The van der Waals surface area contributed by atoms with E-state index in [1.54, 1.807) is 0 Å². The lowest BCUT2D eigenvalue weighted by Gasteiger charge is -2.03. The molecule has 0 amide bonds. The van der Waals surface area contributed by atoms with Crippen molar-refractivity contribution in [1.29, 1.82) is 0 Å². The highest BCUT2D eigenvalue weighted by atomic mass is 79.9. The van der Waals surface area contributed by atoms with E-state index < -0.39 is 5.97 Å². The Balaban J connectivity index is 2.47. The number of hydrogen-bond acceptors (Lipinski definition) is 3. The molecule has 0 fully saturated rings. The third kappa shape index (κ3) is 4.05. The summed E-state index contributed by atoms with van der Waals surface area (Å²) in [7, 11) is 1.30. The number of hydrogen-bond donors (Lipinski definition) is 1. The molecule has 0 spiro atoms. The first-order chi connectivity index (χ1) is 7.24. The maximum absolute atomic E-state index is 10.7. The standard InChI is InChI=1S/C11H10BrNO2/c1-15-11(14)7-4-8-13-10-6-3-2-5-9(10)12/h2-3,5-6,13H,8H2,1H3. The van der Waals surface area contributed by atoms with Crippen LogP contribution in [0, 0.1) is 11.8 Å². The molecule has 0 aliphatic rings. The first-order valence-corrected chi connectivity index (χ1v) is 5.08. The molecule has 0 heterocycles. The largest absolute Gasteiger partial charge is 0.459 e. The van der Waals surface area contributed by atoms with Gasteiger partial charge in [-0.05, 0) is 28.1 Å².